The molecule has 0 amide bonds. The number of allylic oxidation sites excluding steroid dienone is 1. The second kappa shape index (κ2) is 4.47. The van der Waals surface area contributed by atoms with Crippen LogP contribution in [0.2, 0.25) is 0 Å². The fraction of sp³-hybridized carbons (Fsp3) is 0.636. The third-order valence-electron chi connectivity index (χ3n) is 3.04. The summed E-state index contributed by atoms with van der Waals surface area (Å²) in [6.07, 6.45) is 2.97. The molecule has 0 radical (unpaired) electrons. The van der Waals surface area contributed by atoms with Gasteiger partial charge in [0.1, 0.15) is 0 Å². The van der Waals surface area contributed by atoms with E-state index in [1.807, 2.05) is 6.92 Å². The van der Waals surface area contributed by atoms with Crippen LogP contribution < -0.4 is 0 Å². The maximum absolute atomic E-state index is 11.5. The summed E-state index contributed by atoms with van der Waals surface area (Å²) in [6.45, 7) is 5.85. The van der Waals surface area contributed by atoms with E-state index in [0.29, 0.717) is 12.8 Å². The number of ether oxygens (including phenoxy) is 2. The summed E-state index contributed by atoms with van der Waals surface area (Å²) >= 11 is 0. The first-order chi connectivity index (χ1) is 7.11. The summed E-state index contributed by atoms with van der Waals surface area (Å²) in [5, 5.41) is 0. The normalized spacial score (nSPS) is 29.7. The van der Waals surface area contributed by atoms with Crippen LogP contribution in [0, 0.1) is 11.3 Å². The maximum Gasteiger partial charge on any atom is 0.321 e. The standard InChI is InChI=1S/C11H16O4/c1-4-6-11(5-2)7-15-10(13)8(11)9(12)14-3/h4,8H,1,5-7H2,2-3H3. The largest absolute Gasteiger partial charge is 0.468 e. The minimum atomic E-state index is -0.800. The smallest absolute Gasteiger partial charge is 0.321 e. The van der Waals surface area contributed by atoms with Gasteiger partial charge in [0.15, 0.2) is 5.92 Å². The Morgan fingerprint density at radius 1 is 1.80 bits per heavy atom. The van der Waals surface area contributed by atoms with Crippen molar-refractivity contribution < 1.29 is 19.1 Å². The summed E-state index contributed by atoms with van der Waals surface area (Å²) < 4.78 is 9.59. The summed E-state index contributed by atoms with van der Waals surface area (Å²) in [5.74, 6) is -1.79. The van der Waals surface area contributed by atoms with Crippen LogP contribution in [0.3, 0.4) is 0 Å². The van der Waals surface area contributed by atoms with Crippen molar-refractivity contribution in [3.63, 3.8) is 0 Å². The van der Waals surface area contributed by atoms with Crippen LogP contribution in [0.15, 0.2) is 12.7 Å². The van der Waals surface area contributed by atoms with E-state index < -0.39 is 23.3 Å². The lowest BCUT2D eigenvalue weighted by atomic mass is 9.73. The summed E-state index contributed by atoms with van der Waals surface area (Å²) in [5.41, 5.74) is -0.466. The Bertz CT molecular complexity index is 284. The van der Waals surface area contributed by atoms with Crippen molar-refractivity contribution in [1.82, 2.24) is 0 Å². The second-order valence-electron chi connectivity index (χ2n) is 3.77. The first kappa shape index (κ1) is 11.8. The van der Waals surface area contributed by atoms with E-state index in [-0.39, 0.29) is 6.61 Å². The SMILES string of the molecule is C=CCC1(CC)COC(=O)C1C(=O)OC. The molecule has 0 aromatic carbocycles. The molecule has 1 aliphatic rings. The highest BCUT2D eigenvalue weighted by molar-refractivity contribution is 5.97. The van der Waals surface area contributed by atoms with Gasteiger partial charge in [-0.3, -0.25) is 9.59 Å². The molecule has 4 heteroatoms. The zero-order valence-corrected chi connectivity index (χ0v) is 9.12. The molecular weight excluding hydrogens is 196 g/mol. The molecule has 1 rings (SSSR count). The van der Waals surface area contributed by atoms with Crippen molar-refractivity contribution in [2.24, 2.45) is 11.3 Å². The molecular formula is C11H16O4. The van der Waals surface area contributed by atoms with Gasteiger partial charge in [-0.1, -0.05) is 13.0 Å². The predicted molar refractivity (Wildman–Crippen MR) is 54.0 cm³/mol. The summed E-state index contributed by atoms with van der Waals surface area (Å²) in [6, 6.07) is 0. The monoisotopic (exact) mass is 212 g/mol. The molecule has 0 spiro atoms. The van der Waals surface area contributed by atoms with Crippen molar-refractivity contribution in [3.05, 3.63) is 12.7 Å². The molecule has 1 heterocycles. The Hall–Kier alpha value is -1.32. The van der Waals surface area contributed by atoms with E-state index in [9.17, 15) is 9.59 Å². The molecule has 0 aromatic rings. The highest BCUT2D eigenvalue weighted by Crippen LogP contribution is 2.42. The van der Waals surface area contributed by atoms with Crippen LogP contribution in [0.4, 0.5) is 0 Å². The van der Waals surface area contributed by atoms with Gasteiger partial charge in [-0.25, -0.2) is 0 Å². The van der Waals surface area contributed by atoms with E-state index in [1.165, 1.54) is 7.11 Å². The van der Waals surface area contributed by atoms with E-state index in [2.05, 4.69) is 11.3 Å². The van der Waals surface area contributed by atoms with E-state index in [4.69, 9.17) is 4.74 Å². The molecule has 4 nitrogen and oxygen atoms in total. The van der Waals surface area contributed by atoms with Gasteiger partial charge < -0.3 is 9.47 Å². The Labute approximate surface area is 89.2 Å². The molecule has 2 atom stereocenters. The van der Waals surface area contributed by atoms with Crippen molar-refractivity contribution in [2.45, 2.75) is 19.8 Å². The topological polar surface area (TPSA) is 52.6 Å². The maximum atomic E-state index is 11.5. The third-order valence-corrected chi connectivity index (χ3v) is 3.04. The number of carbonyl (C=O) groups is 2. The molecule has 0 saturated carbocycles. The van der Waals surface area contributed by atoms with Crippen LogP contribution in [0.1, 0.15) is 19.8 Å². The quantitative estimate of drug-likeness (QED) is 0.400. The average Bonchev–Trinajstić information content (AvgIpc) is 2.56. The van der Waals surface area contributed by atoms with Crippen LogP contribution >= 0.6 is 0 Å². The molecule has 0 aliphatic carbocycles. The molecule has 2 unspecified atom stereocenters. The lowest BCUT2D eigenvalue weighted by Crippen LogP contribution is -2.36. The van der Waals surface area contributed by atoms with Gasteiger partial charge in [-0.05, 0) is 12.8 Å². The lowest BCUT2D eigenvalue weighted by Gasteiger charge is -2.27. The van der Waals surface area contributed by atoms with Gasteiger partial charge >= 0.3 is 11.9 Å². The number of hydrogen-bond acceptors (Lipinski definition) is 4. The second-order valence-corrected chi connectivity index (χ2v) is 3.77. The third kappa shape index (κ3) is 1.89. The molecule has 1 aliphatic heterocycles. The van der Waals surface area contributed by atoms with Crippen molar-refractivity contribution >= 4 is 11.9 Å². The minimum absolute atomic E-state index is 0.272. The zero-order chi connectivity index (χ0) is 11.5. The van der Waals surface area contributed by atoms with E-state index in [1.54, 1.807) is 6.08 Å². The van der Waals surface area contributed by atoms with Crippen molar-refractivity contribution in [3.8, 4) is 0 Å². The van der Waals surface area contributed by atoms with Crippen LogP contribution in [-0.2, 0) is 19.1 Å². The van der Waals surface area contributed by atoms with Gasteiger partial charge in [0.05, 0.1) is 13.7 Å². The fourth-order valence-corrected chi connectivity index (χ4v) is 2.01. The van der Waals surface area contributed by atoms with Gasteiger partial charge in [0.2, 0.25) is 0 Å². The predicted octanol–water partition coefficient (Wildman–Crippen LogP) is 1.30. The summed E-state index contributed by atoms with van der Waals surface area (Å²) in [4.78, 5) is 23.0. The molecule has 0 N–H and O–H groups in total. The number of cyclic esters (lactones) is 1. The molecule has 84 valence electrons. The molecule has 15 heavy (non-hydrogen) atoms. The zero-order valence-electron chi connectivity index (χ0n) is 9.12. The number of esters is 2. The number of carbonyl (C=O) groups excluding carboxylic acids is 2. The average molecular weight is 212 g/mol. The molecule has 0 bridgehead atoms. The highest BCUT2D eigenvalue weighted by Gasteiger charge is 2.53. The molecule has 0 aromatic heterocycles. The number of methoxy groups -OCH3 is 1. The van der Waals surface area contributed by atoms with Gasteiger partial charge in [-0.2, -0.15) is 0 Å². The number of rotatable bonds is 4. The Kier molecular flexibility index (Phi) is 3.50. The van der Waals surface area contributed by atoms with Crippen LogP contribution in [0.25, 0.3) is 0 Å². The van der Waals surface area contributed by atoms with E-state index >= 15 is 0 Å². The van der Waals surface area contributed by atoms with Gasteiger partial charge in [0, 0.05) is 5.41 Å². The van der Waals surface area contributed by atoms with Gasteiger partial charge in [-0.15, -0.1) is 6.58 Å². The van der Waals surface area contributed by atoms with Gasteiger partial charge in [0.25, 0.3) is 0 Å². The van der Waals surface area contributed by atoms with Crippen molar-refractivity contribution in [1.29, 1.82) is 0 Å². The van der Waals surface area contributed by atoms with Crippen LogP contribution in [0.5, 0.6) is 0 Å². The molecule has 1 saturated heterocycles. The van der Waals surface area contributed by atoms with Crippen LogP contribution in [-0.4, -0.2) is 25.7 Å². The first-order valence-corrected chi connectivity index (χ1v) is 4.96. The lowest BCUT2D eigenvalue weighted by molar-refractivity contribution is -0.156. The van der Waals surface area contributed by atoms with E-state index in [0.717, 1.165) is 0 Å². The minimum Gasteiger partial charge on any atom is -0.468 e. The number of hydrogen-bond donors (Lipinski definition) is 0. The van der Waals surface area contributed by atoms with Crippen molar-refractivity contribution in [2.75, 3.05) is 13.7 Å². The fourth-order valence-electron chi connectivity index (χ4n) is 2.01. The Morgan fingerprint density at radius 3 is 2.93 bits per heavy atom. The highest BCUT2D eigenvalue weighted by atomic mass is 16.6. The molecule has 1 fully saturated rings. The Balaban J connectivity index is 2.99. The Morgan fingerprint density at radius 2 is 2.47 bits per heavy atom. The first-order valence-electron chi connectivity index (χ1n) is 4.96. The summed E-state index contributed by atoms with van der Waals surface area (Å²) in [7, 11) is 1.28.